The van der Waals surface area contributed by atoms with Crippen LogP contribution in [-0.2, 0) is 6.54 Å². The Morgan fingerprint density at radius 2 is 1.61 bits per heavy atom. The van der Waals surface area contributed by atoms with Crippen LogP contribution in [0.1, 0.15) is 11.1 Å². The molecule has 0 amide bonds. The molecule has 23 heavy (non-hydrogen) atoms. The second-order valence-corrected chi connectivity index (χ2v) is 5.24. The Bertz CT molecular complexity index is 842. The van der Waals surface area contributed by atoms with Crippen molar-refractivity contribution in [2.75, 3.05) is 5.32 Å². The molecule has 1 heterocycles. The maximum absolute atomic E-state index is 9.32. The summed E-state index contributed by atoms with van der Waals surface area (Å²) in [6.45, 7) is 0.581. The van der Waals surface area contributed by atoms with Crippen LogP contribution in [0.15, 0.2) is 60.7 Å². The fourth-order valence-electron chi connectivity index (χ4n) is 2.19. The van der Waals surface area contributed by atoms with E-state index in [0.717, 1.165) is 11.1 Å². The molecule has 0 atom stereocenters. The molecular weight excluding hydrogens is 308 g/mol. The van der Waals surface area contributed by atoms with Crippen molar-refractivity contribution in [1.29, 1.82) is 5.26 Å². The van der Waals surface area contributed by atoms with Crippen LogP contribution < -0.4 is 5.32 Å². The monoisotopic (exact) mass is 320 g/mol. The van der Waals surface area contributed by atoms with Gasteiger partial charge in [-0.25, -0.2) is 4.98 Å². The first-order valence-electron chi connectivity index (χ1n) is 7.09. The summed E-state index contributed by atoms with van der Waals surface area (Å²) in [5.74, 6) is 0.400. The zero-order valence-electron chi connectivity index (χ0n) is 12.2. The smallest absolute Gasteiger partial charge is 0.225 e. The molecule has 4 nitrogen and oxygen atoms in total. The molecule has 0 saturated carbocycles. The number of anilines is 1. The standard InChI is InChI=1S/C18H13ClN4/c19-17-15(11-20)16(14-9-5-2-6-10-14)22-18(23-17)21-12-13-7-3-1-4-8-13/h1-10H,12H2,(H,21,22,23). The number of rotatable bonds is 4. The van der Waals surface area contributed by atoms with Crippen molar-refractivity contribution in [2.45, 2.75) is 6.54 Å². The topological polar surface area (TPSA) is 61.6 Å². The fraction of sp³-hybridized carbons (Fsp3) is 0.0556. The van der Waals surface area contributed by atoms with Crippen molar-refractivity contribution in [2.24, 2.45) is 0 Å². The van der Waals surface area contributed by atoms with Gasteiger partial charge in [0.05, 0.1) is 5.69 Å². The average Bonchev–Trinajstić information content (AvgIpc) is 2.61. The molecule has 0 saturated heterocycles. The van der Waals surface area contributed by atoms with Gasteiger partial charge in [-0.2, -0.15) is 10.2 Å². The number of nitriles is 1. The van der Waals surface area contributed by atoms with Crippen molar-refractivity contribution < 1.29 is 0 Å². The lowest BCUT2D eigenvalue weighted by molar-refractivity contribution is 1.05. The number of hydrogen-bond acceptors (Lipinski definition) is 4. The van der Waals surface area contributed by atoms with Crippen molar-refractivity contribution in [3.63, 3.8) is 0 Å². The highest BCUT2D eigenvalue weighted by molar-refractivity contribution is 6.31. The second kappa shape index (κ2) is 6.91. The van der Waals surface area contributed by atoms with Crippen LogP contribution in [0.5, 0.6) is 0 Å². The predicted octanol–water partition coefficient (Wildman–Crippen LogP) is 4.28. The van der Waals surface area contributed by atoms with Crippen molar-refractivity contribution in [3.05, 3.63) is 76.9 Å². The predicted molar refractivity (Wildman–Crippen MR) is 91.0 cm³/mol. The molecule has 1 aromatic heterocycles. The molecule has 5 heteroatoms. The van der Waals surface area contributed by atoms with Crippen LogP contribution >= 0.6 is 11.6 Å². The number of halogens is 1. The minimum absolute atomic E-state index is 0.150. The van der Waals surface area contributed by atoms with Gasteiger partial charge in [-0.1, -0.05) is 72.3 Å². The molecule has 0 unspecified atom stereocenters. The molecule has 3 rings (SSSR count). The molecule has 2 aromatic carbocycles. The maximum Gasteiger partial charge on any atom is 0.225 e. The van der Waals surface area contributed by atoms with E-state index in [2.05, 4.69) is 21.4 Å². The third kappa shape index (κ3) is 3.47. The summed E-state index contributed by atoms with van der Waals surface area (Å²) < 4.78 is 0. The molecule has 0 aliphatic heterocycles. The summed E-state index contributed by atoms with van der Waals surface area (Å²) in [5.41, 5.74) is 2.75. The second-order valence-electron chi connectivity index (χ2n) is 4.88. The quantitative estimate of drug-likeness (QED) is 0.729. The lowest BCUT2D eigenvalue weighted by Crippen LogP contribution is -2.06. The molecular formula is C18H13ClN4. The maximum atomic E-state index is 9.32. The van der Waals surface area contributed by atoms with E-state index in [1.807, 2.05) is 60.7 Å². The Balaban J connectivity index is 1.94. The number of hydrogen-bond donors (Lipinski definition) is 1. The molecule has 3 aromatic rings. The van der Waals surface area contributed by atoms with Crippen molar-refractivity contribution >= 4 is 17.5 Å². The van der Waals surface area contributed by atoms with E-state index in [4.69, 9.17) is 11.6 Å². The van der Waals surface area contributed by atoms with E-state index in [1.54, 1.807) is 0 Å². The van der Waals surface area contributed by atoms with Gasteiger partial charge in [-0.3, -0.25) is 0 Å². The lowest BCUT2D eigenvalue weighted by atomic mass is 10.1. The van der Waals surface area contributed by atoms with E-state index >= 15 is 0 Å². The molecule has 0 aliphatic rings. The summed E-state index contributed by atoms with van der Waals surface area (Å²) in [7, 11) is 0. The van der Waals surface area contributed by atoms with Gasteiger partial charge >= 0.3 is 0 Å². The lowest BCUT2D eigenvalue weighted by Gasteiger charge is -2.09. The first-order valence-corrected chi connectivity index (χ1v) is 7.46. The van der Waals surface area contributed by atoms with Crippen LogP contribution in [0.4, 0.5) is 5.95 Å². The number of nitrogens with zero attached hydrogens (tertiary/aromatic N) is 3. The van der Waals surface area contributed by atoms with Crippen LogP contribution in [0.25, 0.3) is 11.3 Å². The highest BCUT2D eigenvalue weighted by Gasteiger charge is 2.14. The highest BCUT2D eigenvalue weighted by atomic mass is 35.5. The van der Waals surface area contributed by atoms with Crippen LogP contribution in [0, 0.1) is 11.3 Å². The van der Waals surface area contributed by atoms with E-state index in [-0.39, 0.29) is 10.7 Å². The van der Waals surface area contributed by atoms with Crippen molar-refractivity contribution in [1.82, 2.24) is 9.97 Å². The summed E-state index contributed by atoms with van der Waals surface area (Å²) >= 11 is 6.15. The number of aromatic nitrogens is 2. The van der Waals surface area contributed by atoms with E-state index in [1.165, 1.54) is 0 Å². The molecule has 1 N–H and O–H groups in total. The summed E-state index contributed by atoms with van der Waals surface area (Å²) in [5, 5.41) is 12.6. The molecule has 0 bridgehead atoms. The Kier molecular flexibility index (Phi) is 4.51. The minimum Gasteiger partial charge on any atom is -0.350 e. The van der Waals surface area contributed by atoms with Gasteiger partial charge in [-0.15, -0.1) is 0 Å². The van der Waals surface area contributed by atoms with E-state index < -0.39 is 0 Å². The highest BCUT2D eigenvalue weighted by Crippen LogP contribution is 2.27. The zero-order chi connectivity index (χ0) is 16.1. The molecule has 0 spiro atoms. The number of nitrogens with one attached hydrogen (secondary N) is 1. The average molecular weight is 321 g/mol. The minimum atomic E-state index is 0.150. The molecule has 0 aliphatic carbocycles. The zero-order valence-corrected chi connectivity index (χ0v) is 13.0. The van der Waals surface area contributed by atoms with E-state index in [9.17, 15) is 5.26 Å². The van der Waals surface area contributed by atoms with Crippen LogP contribution in [-0.4, -0.2) is 9.97 Å². The first-order chi connectivity index (χ1) is 11.3. The normalized spacial score (nSPS) is 10.1. The first kappa shape index (κ1) is 15.0. The summed E-state index contributed by atoms with van der Waals surface area (Å²) in [6, 6.07) is 21.5. The largest absolute Gasteiger partial charge is 0.350 e. The molecule has 0 radical (unpaired) electrons. The SMILES string of the molecule is N#Cc1c(Cl)nc(NCc2ccccc2)nc1-c1ccccc1. The number of benzene rings is 2. The van der Waals surface area contributed by atoms with Crippen molar-refractivity contribution in [3.8, 4) is 17.3 Å². The van der Waals surface area contributed by atoms with Gasteiger partial charge in [0, 0.05) is 12.1 Å². The third-order valence-electron chi connectivity index (χ3n) is 3.32. The van der Waals surface area contributed by atoms with Crippen LogP contribution in [0.2, 0.25) is 5.15 Å². The molecule has 112 valence electrons. The summed E-state index contributed by atoms with van der Waals surface area (Å²) in [6.07, 6.45) is 0. The van der Waals surface area contributed by atoms with Gasteiger partial charge in [0.2, 0.25) is 5.95 Å². The Morgan fingerprint density at radius 3 is 2.26 bits per heavy atom. The Hall–Kier alpha value is -2.90. The van der Waals surface area contributed by atoms with Gasteiger partial charge in [0.25, 0.3) is 0 Å². The van der Waals surface area contributed by atoms with Gasteiger partial charge < -0.3 is 5.32 Å². The Labute approximate surface area is 139 Å². The van der Waals surface area contributed by atoms with Gasteiger partial charge in [-0.05, 0) is 5.56 Å². The van der Waals surface area contributed by atoms with Gasteiger partial charge in [0.15, 0.2) is 5.15 Å². The third-order valence-corrected chi connectivity index (χ3v) is 3.59. The molecule has 0 fully saturated rings. The Morgan fingerprint density at radius 1 is 0.957 bits per heavy atom. The van der Waals surface area contributed by atoms with Gasteiger partial charge in [0.1, 0.15) is 11.6 Å². The van der Waals surface area contributed by atoms with E-state index in [0.29, 0.717) is 18.2 Å². The van der Waals surface area contributed by atoms with Crippen LogP contribution in [0.3, 0.4) is 0 Å². The summed E-state index contributed by atoms with van der Waals surface area (Å²) in [4.78, 5) is 8.63. The fourth-order valence-corrected chi connectivity index (χ4v) is 2.41.